The van der Waals surface area contributed by atoms with Crippen LogP contribution in [-0.4, -0.2) is 50.5 Å². The number of hydrogen-bond acceptors (Lipinski definition) is 7. The predicted molar refractivity (Wildman–Crippen MR) is 186 cm³/mol. The van der Waals surface area contributed by atoms with Gasteiger partial charge in [-0.15, -0.1) is 0 Å². The van der Waals surface area contributed by atoms with Crippen LogP contribution in [-0.2, 0) is 4.79 Å². The molecule has 1 amide bonds. The van der Waals surface area contributed by atoms with Crippen LogP contribution in [0.4, 0.5) is 15.8 Å². The van der Waals surface area contributed by atoms with Crippen molar-refractivity contribution in [3.05, 3.63) is 84.6 Å². The van der Waals surface area contributed by atoms with Crippen LogP contribution >= 0.6 is 34.8 Å². The molecule has 1 aliphatic heterocycles. The molecule has 1 aromatic carbocycles. The van der Waals surface area contributed by atoms with Gasteiger partial charge in [0.05, 0.1) is 38.5 Å². The SMILES string of the molecule is C=CC(=O)N1[C@H](C)CN(c2c(C#N)c(=O)n(-c3c(C)ccnc3C(C)C)c3nc(-c4c(C)c(Cl)c(F)c(Cl)c4N)c(Cl)cc23)C[C@@H]1C. The number of anilines is 2. The Bertz CT molecular complexity index is 2050. The van der Waals surface area contributed by atoms with Crippen molar-refractivity contribution in [3.63, 3.8) is 0 Å². The summed E-state index contributed by atoms with van der Waals surface area (Å²) >= 11 is 19.5. The molecule has 13 heteroatoms. The molecule has 47 heavy (non-hydrogen) atoms. The van der Waals surface area contributed by atoms with Gasteiger partial charge in [-0.2, -0.15) is 5.26 Å². The Kier molecular flexibility index (Phi) is 9.30. The Hall–Kier alpha value is -4.17. The molecular formula is C34H33Cl3FN7O2. The molecule has 5 rings (SSSR count). The average molecular weight is 697 g/mol. The number of nitrogens with zero attached hydrogens (tertiary/aromatic N) is 6. The molecule has 0 unspecified atom stereocenters. The third kappa shape index (κ3) is 5.50. The number of rotatable bonds is 5. The van der Waals surface area contributed by atoms with E-state index in [1.807, 2.05) is 39.5 Å². The lowest BCUT2D eigenvalue weighted by Gasteiger charge is -2.45. The fraction of sp³-hybridized carbons (Fsp3) is 0.324. The van der Waals surface area contributed by atoms with Gasteiger partial charge < -0.3 is 15.5 Å². The summed E-state index contributed by atoms with van der Waals surface area (Å²) in [5.74, 6) is -1.18. The van der Waals surface area contributed by atoms with E-state index in [1.54, 1.807) is 30.2 Å². The fourth-order valence-electron chi connectivity index (χ4n) is 6.52. The molecule has 0 radical (unpaired) electrons. The van der Waals surface area contributed by atoms with E-state index in [1.165, 1.54) is 10.6 Å². The van der Waals surface area contributed by atoms with Crippen LogP contribution in [0, 0.1) is 31.0 Å². The number of carbonyl (C=O) groups is 1. The number of nitrogens with two attached hydrogens (primary N) is 1. The van der Waals surface area contributed by atoms with Crippen molar-refractivity contribution in [3.8, 4) is 23.0 Å². The lowest BCUT2D eigenvalue weighted by atomic mass is 9.99. The van der Waals surface area contributed by atoms with Crippen molar-refractivity contribution in [1.29, 1.82) is 5.26 Å². The van der Waals surface area contributed by atoms with Gasteiger partial charge in [-0.1, -0.05) is 55.2 Å². The van der Waals surface area contributed by atoms with Gasteiger partial charge in [-0.25, -0.2) is 9.37 Å². The number of halogens is 4. The monoisotopic (exact) mass is 695 g/mol. The maximum Gasteiger partial charge on any atom is 0.276 e. The van der Waals surface area contributed by atoms with E-state index in [-0.39, 0.29) is 72.7 Å². The molecule has 1 fully saturated rings. The Labute approximate surface area is 287 Å². The Morgan fingerprint density at radius 3 is 2.38 bits per heavy atom. The number of amides is 1. The van der Waals surface area contributed by atoms with Crippen LogP contribution in [0.25, 0.3) is 28.0 Å². The molecule has 4 heterocycles. The van der Waals surface area contributed by atoms with Gasteiger partial charge in [0.15, 0.2) is 5.82 Å². The fourth-order valence-corrected chi connectivity index (χ4v) is 7.19. The molecule has 2 N–H and O–H groups in total. The molecule has 0 aliphatic carbocycles. The molecule has 3 aromatic heterocycles. The van der Waals surface area contributed by atoms with E-state index in [4.69, 9.17) is 45.5 Å². The Morgan fingerprint density at radius 1 is 1.17 bits per heavy atom. The van der Waals surface area contributed by atoms with Crippen molar-refractivity contribution in [1.82, 2.24) is 19.4 Å². The van der Waals surface area contributed by atoms with Crippen molar-refractivity contribution in [2.45, 2.75) is 59.5 Å². The van der Waals surface area contributed by atoms with E-state index in [0.29, 0.717) is 35.5 Å². The number of nitrogen functional groups attached to an aromatic ring is 1. The molecule has 1 saturated heterocycles. The second-order valence-electron chi connectivity index (χ2n) is 12.1. The number of aromatic nitrogens is 3. The first kappa shape index (κ1) is 34.2. The predicted octanol–water partition coefficient (Wildman–Crippen LogP) is 7.35. The van der Waals surface area contributed by atoms with E-state index < -0.39 is 11.4 Å². The molecule has 1 aliphatic rings. The van der Waals surface area contributed by atoms with Crippen molar-refractivity contribution in [2.75, 3.05) is 23.7 Å². The topological polar surface area (TPSA) is 121 Å². The largest absolute Gasteiger partial charge is 0.397 e. The van der Waals surface area contributed by atoms with Crippen molar-refractivity contribution >= 4 is 63.1 Å². The number of benzene rings is 1. The number of nitriles is 1. The third-order valence-electron chi connectivity index (χ3n) is 8.61. The van der Waals surface area contributed by atoms with E-state index >= 15 is 0 Å². The van der Waals surface area contributed by atoms with Gasteiger partial charge in [-0.05, 0) is 62.9 Å². The second-order valence-corrected chi connectivity index (χ2v) is 13.3. The number of piperazine rings is 1. The molecule has 0 saturated carbocycles. The van der Waals surface area contributed by atoms with Crippen LogP contribution in [0.1, 0.15) is 56.0 Å². The molecule has 2 atom stereocenters. The quantitative estimate of drug-likeness (QED) is 0.132. The van der Waals surface area contributed by atoms with E-state index in [9.17, 15) is 19.2 Å². The van der Waals surface area contributed by atoms with E-state index in [0.717, 1.165) is 5.56 Å². The first-order valence-electron chi connectivity index (χ1n) is 14.9. The number of pyridine rings is 3. The summed E-state index contributed by atoms with van der Waals surface area (Å²) in [5, 5.41) is 10.5. The van der Waals surface area contributed by atoms with Crippen LogP contribution < -0.4 is 16.2 Å². The van der Waals surface area contributed by atoms with Gasteiger partial charge in [0.25, 0.3) is 5.56 Å². The summed E-state index contributed by atoms with van der Waals surface area (Å²) < 4.78 is 16.2. The van der Waals surface area contributed by atoms with Crippen LogP contribution in [0.2, 0.25) is 15.1 Å². The Balaban J connectivity index is 1.95. The van der Waals surface area contributed by atoms with E-state index in [2.05, 4.69) is 17.6 Å². The minimum Gasteiger partial charge on any atom is -0.397 e. The van der Waals surface area contributed by atoms with Crippen LogP contribution in [0.5, 0.6) is 0 Å². The molecule has 9 nitrogen and oxygen atoms in total. The average Bonchev–Trinajstić information content (AvgIpc) is 3.02. The summed E-state index contributed by atoms with van der Waals surface area (Å²) in [4.78, 5) is 40.5. The standard InChI is InChI=1S/C34H33Cl3FN7O2/c1-8-23(46)44-17(5)13-43(14-18(44)6)32-20-11-22(35)30(24-19(7)25(36)27(38)26(37)28(24)40)42-33(20)45(34(47)21(32)12-39)31-16(4)9-10-41-29(31)15(2)3/h8-11,15,17-18H,1,13-14,40H2,2-7H3/t17-,18+. The summed E-state index contributed by atoms with van der Waals surface area (Å²) in [6, 6.07) is 4.98. The third-order valence-corrected chi connectivity index (χ3v) is 9.72. The van der Waals surface area contributed by atoms with Gasteiger partial charge in [0, 0.05) is 42.3 Å². The molecule has 0 bridgehead atoms. The molecule has 0 spiro atoms. The number of carbonyl (C=O) groups excluding carboxylic acids is 1. The minimum absolute atomic E-state index is 0.103. The highest BCUT2D eigenvalue weighted by Gasteiger charge is 2.35. The van der Waals surface area contributed by atoms with Gasteiger partial charge in [0.2, 0.25) is 5.91 Å². The molecule has 244 valence electrons. The Morgan fingerprint density at radius 2 is 1.81 bits per heavy atom. The number of aryl methyl sites for hydroxylation is 1. The van der Waals surface area contributed by atoms with Crippen molar-refractivity contribution < 1.29 is 9.18 Å². The summed E-state index contributed by atoms with van der Waals surface area (Å²) in [6.45, 7) is 15.4. The highest BCUT2D eigenvalue weighted by molar-refractivity contribution is 6.39. The summed E-state index contributed by atoms with van der Waals surface area (Å²) in [7, 11) is 0. The first-order valence-corrected chi connectivity index (χ1v) is 16.1. The lowest BCUT2D eigenvalue weighted by molar-refractivity contribution is -0.130. The van der Waals surface area contributed by atoms with Crippen LogP contribution in [0.15, 0.2) is 35.8 Å². The van der Waals surface area contributed by atoms with Gasteiger partial charge in [-0.3, -0.25) is 19.1 Å². The summed E-state index contributed by atoms with van der Waals surface area (Å²) in [6.07, 6.45) is 2.94. The van der Waals surface area contributed by atoms with Gasteiger partial charge in [0.1, 0.15) is 22.3 Å². The zero-order valence-corrected chi connectivity index (χ0v) is 29.0. The highest BCUT2D eigenvalue weighted by atomic mass is 35.5. The zero-order valence-electron chi connectivity index (χ0n) is 26.8. The molecular weight excluding hydrogens is 664 g/mol. The normalized spacial score (nSPS) is 16.6. The van der Waals surface area contributed by atoms with Crippen LogP contribution in [0.3, 0.4) is 0 Å². The summed E-state index contributed by atoms with van der Waals surface area (Å²) in [5.41, 5.74) is 8.41. The zero-order chi connectivity index (χ0) is 34.6. The van der Waals surface area contributed by atoms with Crippen molar-refractivity contribution in [2.24, 2.45) is 0 Å². The smallest absolute Gasteiger partial charge is 0.276 e. The first-order chi connectivity index (χ1) is 22.2. The lowest BCUT2D eigenvalue weighted by Crippen LogP contribution is -2.58. The van der Waals surface area contributed by atoms with Gasteiger partial charge >= 0.3 is 0 Å². The maximum atomic E-state index is 14.8. The second kappa shape index (κ2) is 12.8. The number of fused-ring (bicyclic) bond motifs is 1. The minimum atomic E-state index is -0.869. The molecule has 4 aromatic rings. The highest BCUT2D eigenvalue weighted by Crippen LogP contribution is 2.45. The maximum absolute atomic E-state index is 14.8. The number of hydrogen-bond donors (Lipinski definition) is 1.